The molecule has 0 saturated heterocycles. The lowest BCUT2D eigenvalue weighted by atomic mass is 9.88. The first-order valence-electron chi connectivity index (χ1n) is 21.6. The Bertz CT molecular complexity index is 3250. The van der Waals surface area contributed by atoms with Crippen LogP contribution in [0.4, 0.5) is 0 Å². The molecule has 11 rings (SSSR count). The zero-order chi connectivity index (χ0) is 42.7. The molecule has 1 atom stereocenters. The number of hydrogen-bond donors (Lipinski definition) is 1. The Kier molecular flexibility index (Phi) is 10.2. The predicted octanol–water partition coefficient (Wildman–Crippen LogP) is 14.1. The molecule has 0 fully saturated rings. The van der Waals surface area contributed by atoms with Gasteiger partial charge in [0.1, 0.15) is 12.0 Å². The molecule has 0 radical (unpaired) electrons. The minimum atomic E-state index is -0.273. The van der Waals surface area contributed by atoms with Gasteiger partial charge in [-0.25, -0.2) is 20.0 Å². The lowest BCUT2D eigenvalue weighted by molar-refractivity contribution is 0.674. The van der Waals surface area contributed by atoms with E-state index in [1.807, 2.05) is 72.8 Å². The molecule has 302 valence electrons. The van der Waals surface area contributed by atoms with Crippen molar-refractivity contribution >= 4 is 22.4 Å². The van der Waals surface area contributed by atoms with Crippen LogP contribution in [0.2, 0.25) is 0 Å². The normalized spacial score (nSPS) is 13.5. The van der Waals surface area contributed by atoms with Gasteiger partial charge in [-0.05, 0) is 61.8 Å². The van der Waals surface area contributed by atoms with Crippen molar-refractivity contribution in [1.29, 1.82) is 0 Å². The van der Waals surface area contributed by atoms with E-state index in [4.69, 9.17) is 20.0 Å². The van der Waals surface area contributed by atoms with Crippen LogP contribution in [-0.2, 0) is 0 Å². The molecule has 0 saturated carbocycles. The van der Waals surface area contributed by atoms with Gasteiger partial charge >= 0.3 is 0 Å². The summed E-state index contributed by atoms with van der Waals surface area (Å²) < 4.78 is 0. The third kappa shape index (κ3) is 7.79. The van der Waals surface area contributed by atoms with Crippen LogP contribution in [0.1, 0.15) is 22.9 Å². The van der Waals surface area contributed by atoms with E-state index < -0.39 is 0 Å². The molecule has 2 heterocycles. The molecule has 5 heteroatoms. The Morgan fingerprint density at radius 3 is 1.52 bits per heavy atom. The summed E-state index contributed by atoms with van der Waals surface area (Å²) in [6.07, 6.45) is -0.273. The highest BCUT2D eigenvalue weighted by atomic mass is 15.2. The first-order valence-corrected chi connectivity index (χ1v) is 21.6. The summed E-state index contributed by atoms with van der Waals surface area (Å²) in [5.41, 5.74) is 14.7. The van der Waals surface area contributed by atoms with Crippen LogP contribution in [0.5, 0.6) is 0 Å². The van der Waals surface area contributed by atoms with E-state index in [0.29, 0.717) is 11.7 Å². The van der Waals surface area contributed by atoms with E-state index in [1.165, 1.54) is 16.3 Å². The quantitative estimate of drug-likeness (QED) is 0.158. The van der Waals surface area contributed by atoms with Crippen molar-refractivity contribution < 1.29 is 0 Å². The maximum atomic E-state index is 5.17. The molecular weight excluding hydrogens is 779 g/mol. The van der Waals surface area contributed by atoms with Crippen LogP contribution in [-0.4, -0.2) is 21.6 Å². The van der Waals surface area contributed by atoms with Crippen LogP contribution < -0.4 is 5.32 Å². The second kappa shape index (κ2) is 17.1. The topological polar surface area (TPSA) is 62.5 Å². The zero-order valence-corrected chi connectivity index (χ0v) is 34.9. The van der Waals surface area contributed by atoms with Gasteiger partial charge in [0.15, 0.2) is 11.7 Å². The highest BCUT2D eigenvalue weighted by molar-refractivity contribution is 6.13. The van der Waals surface area contributed by atoms with E-state index in [2.05, 4.69) is 169 Å². The van der Waals surface area contributed by atoms with Gasteiger partial charge in [0.05, 0.1) is 11.4 Å². The summed E-state index contributed by atoms with van der Waals surface area (Å²) in [4.78, 5) is 20.4. The number of rotatable bonds is 9. The Labute approximate surface area is 372 Å². The van der Waals surface area contributed by atoms with E-state index >= 15 is 0 Å². The number of amidine groups is 2. The van der Waals surface area contributed by atoms with Gasteiger partial charge in [0.25, 0.3) is 0 Å². The standard InChI is InChI=1S/C59H41N5/c1-5-17-43(18-6-1)53-39-54(44-19-7-2-8-20-44)61-56(60-53)48-34-30-41(31-35-48)40-28-32-45(33-29-40)55-51-27-14-13-16-42(51)36-37-52(55)49-25-15-26-50(38-49)59-63-57(46-21-9-3-10-22-46)62-58(64-59)47-23-11-4-12-24-47/h1-39,57H,(H,62,63,64). The molecule has 0 spiro atoms. The fourth-order valence-electron chi connectivity index (χ4n) is 8.51. The molecule has 0 aliphatic carbocycles. The minimum Gasteiger partial charge on any atom is -0.344 e. The average Bonchev–Trinajstić information content (AvgIpc) is 3.39. The number of aromatic nitrogens is 2. The summed E-state index contributed by atoms with van der Waals surface area (Å²) in [5.74, 6) is 2.19. The number of aliphatic imine (C=N–C) groups is 2. The highest BCUT2D eigenvalue weighted by Gasteiger charge is 2.22. The maximum absolute atomic E-state index is 5.17. The molecule has 1 unspecified atom stereocenters. The van der Waals surface area contributed by atoms with Crippen molar-refractivity contribution in [2.45, 2.75) is 6.17 Å². The summed E-state index contributed by atoms with van der Waals surface area (Å²) in [6, 6.07) is 82.5. The first kappa shape index (κ1) is 38.4. The Balaban J connectivity index is 0.935. The average molecular weight is 820 g/mol. The van der Waals surface area contributed by atoms with Gasteiger partial charge in [-0.2, -0.15) is 0 Å². The molecule has 1 aromatic heterocycles. The highest BCUT2D eigenvalue weighted by Crippen LogP contribution is 2.40. The van der Waals surface area contributed by atoms with Crippen LogP contribution >= 0.6 is 0 Å². The molecular formula is C59H41N5. The van der Waals surface area contributed by atoms with Crippen LogP contribution in [0, 0.1) is 0 Å². The SMILES string of the molecule is c1ccc(C2=NC(c3cccc(-c4ccc5ccccc5c4-c4ccc(-c5ccc(-c6nc(-c7ccccc7)cc(-c7ccccc7)n6)cc5)cc4)c3)=NC(c3ccccc3)N2)cc1. The molecule has 10 aromatic rings. The summed E-state index contributed by atoms with van der Waals surface area (Å²) in [5, 5.41) is 5.97. The molecule has 1 aliphatic rings. The predicted molar refractivity (Wildman–Crippen MR) is 264 cm³/mol. The van der Waals surface area contributed by atoms with Crippen molar-refractivity contribution in [2.75, 3.05) is 0 Å². The summed E-state index contributed by atoms with van der Waals surface area (Å²) in [6.45, 7) is 0. The van der Waals surface area contributed by atoms with Gasteiger partial charge < -0.3 is 5.32 Å². The Morgan fingerprint density at radius 2 is 0.875 bits per heavy atom. The largest absolute Gasteiger partial charge is 0.344 e. The third-order valence-electron chi connectivity index (χ3n) is 11.8. The van der Waals surface area contributed by atoms with Gasteiger partial charge in [-0.15, -0.1) is 0 Å². The van der Waals surface area contributed by atoms with E-state index in [0.717, 1.165) is 78.4 Å². The van der Waals surface area contributed by atoms with Crippen molar-refractivity contribution in [3.63, 3.8) is 0 Å². The zero-order valence-electron chi connectivity index (χ0n) is 34.9. The molecule has 9 aromatic carbocycles. The lowest BCUT2D eigenvalue weighted by Crippen LogP contribution is -2.33. The third-order valence-corrected chi connectivity index (χ3v) is 11.8. The maximum Gasteiger partial charge on any atom is 0.160 e. The Morgan fingerprint density at radius 1 is 0.359 bits per heavy atom. The number of hydrogen-bond acceptors (Lipinski definition) is 5. The lowest BCUT2D eigenvalue weighted by Gasteiger charge is -2.24. The van der Waals surface area contributed by atoms with E-state index in [9.17, 15) is 0 Å². The van der Waals surface area contributed by atoms with Crippen molar-refractivity contribution in [3.8, 4) is 67.3 Å². The summed E-state index contributed by atoms with van der Waals surface area (Å²) >= 11 is 0. The monoisotopic (exact) mass is 819 g/mol. The molecule has 5 nitrogen and oxygen atoms in total. The van der Waals surface area contributed by atoms with Crippen molar-refractivity contribution in [1.82, 2.24) is 15.3 Å². The Hall–Kier alpha value is -8.54. The van der Waals surface area contributed by atoms with Gasteiger partial charge in [0.2, 0.25) is 0 Å². The van der Waals surface area contributed by atoms with Crippen LogP contribution in [0.15, 0.2) is 247 Å². The number of fused-ring (bicyclic) bond motifs is 1. The number of benzene rings is 9. The second-order valence-electron chi connectivity index (χ2n) is 15.9. The van der Waals surface area contributed by atoms with Crippen LogP contribution in [0.25, 0.3) is 78.1 Å². The molecule has 0 bridgehead atoms. The van der Waals surface area contributed by atoms with Gasteiger partial charge in [0, 0.05) is 27.8 Å². The number of nitrogens with zero attached hydrogens (tertiary/aromatic N) is 4. The van der Waals surface area contributed by atoms with Gasteiger partial charge in [-0.1, -0.05) is 224 Å². The first-order chi connectivity index (χ1) is 31.7. The van der Waals surface area contributed by atoms with Crippen molar-refractivity contribution in [2.24, 2.45) is 9.98 Å². The number of nitrogens with one attached hydrogen (secondary N) is 1. The molecule has 64 heavy (non-hydrogen) atoms. The molecule has 1 aliphatic heterocycles. The fourth-order valence-corrected chi connectivity index (χ4v) is 8.51. The van der Waals surface area contributed by atoms with E-state index in [1.54, 1.807) is 0 Å². The fraction of sp³-hybridized carbons (Fsp3) is 0.0169. The van der Waals surface area contributed by atoms with Crippen molar-refractivity contribution in [3.05, 3.63) is 253 Å². The smallest absolute Gasteiger partial charge is 0.160 e. The second-order valence-corrected chi connectivity index (χ2v) is 15.9. The van der Waals surface area contributed by atoms with Gasteiger partial charge in [-0.3, -0.25) is 0 Å². The van der Waals surface area contributed by atoms with E-state index in [-0.39, 0.29) is 6.17 Å². The molecule has 0 amide bonds. The summed E-state index contributed by atoms with van der Waals surface area (Å²) in [7, 11) is 0. The van der Waals surface area contributed by atoms with Crippen LogP contribution in [0.3, 0.4) is 0 Å². The minimum absolute atomic E-state index is 0.273. The molecule has 1 N–H and O–H groups in total.